The first-order chi connectivity index (χ1) is 9.65. The van der Waals surface area contributed by atoms with Crippen molar-refractivity contribution in [2.75, 3.05) is 6.54 Å². The van der Waals surface area contributed by atoms with Crippen molar-refractivity contribution in [2.45, 2.75) is 13.0 Å². The second kappa shape index (κ2) is 6.86. The molecule has 0 aliphatic heterocycles. The van der Waals surface area contributed by atoms with Crippen molar-refractivity contribution in [1.82, 2.24) is 4.90 Å². The number of carbonyl (C=O) groups excluding carboxylic acids is 1. The minimum atomic E-state index is -1.00. The van der Waals surface area contributed by atoms with E-state index in [0.717, 1.165) is 11.1 Å². The predicted octanol–water partition coefficient (Wildman–Crippen LogP) is 2.40. The molecule has 0 spiro atoms. The van der Waals surface area contributed by atoms with Crippen molar-refractivity contribution in [1.29, 1.82) is 0 Å². The Hall–Kier alpha value is -2.14. The van der Waals surface area contributed by atoms with Crippen molar-refractivity contribution in [3.05, 3.63) is 58.3 Å². The molecular formula is C15H15NO3S. The SMILES string of the molecule is O=C(O)CN(Cc1ccccc1)C(=O)Cc1ccsc1. The second-order valence-corrected chi connectivity index (χ2v) is 5.22. The summed E-state index contributed by atoms with van der Waals surface area (Å²) in [4.78, 5) is 24.5. The topological polar surface area (TPSA) is 57.6 Å². The summed E-state index contributed by atoms with van der Waals surface area (Å²) in [6, 6.07) is 11.3. The minimum Gasteiger partial charge on any atom is -0.480 e. The van der Waals surface area contributed by atoms with Crippen LogP contribution >= 0.6 is 11.3 Å². The molecule has 0 saturated heterocycles. The van der Waals surface area contributed by atoms with Crippen LogP contribution in [0, 0.1) is 0 Å². The second-order valence-electron chi connectivity index (χ2n) is 4.44. The highest BCUT2D eigenvalue weighted by molar-refractivity contribution is 7.07. The Labute approximate surface area is 121 Å². The maximum Gasteiger partial charge on any atom is 0.323 e. The summed E-state index contributed by atoms with van der Waals surface area (Å²) in [5, 5.41) is 12.8. The van der Waals surface area contributed by atoms with Gasteiger partial charge < -0.3 is 10.0 Å². The minimum absolute atomic E-state index is 0.172. The van der Waals surface area contributed by atoms with E-state index in [1.165, 1.54) is 16.2 Å². The van der Waals surface area contributed by atoms with Gasteiger partial charge in [-0.1, -0.05) is 30.3 Å². The molecule has 1 aromatic heterocycles. The first-order valence-electron chi connectivity index (χ1n) is 6.19. The first kappa shape index (κ1) is 14.3. The van der Waals surface area contributed by atoms with Crippen LogP contribution in [-0.2, 0) is 22.6 Å². The lowest BCUT2D eigenvalue weighted by Gasteiger charge is -2.20. The first-order valence-corrected chi connectivity index (χ1v) is 7.14. The van der Waals surface area contributed by atoms with E-state index in [9.17, 15) is 9.59 Å². The van der Waals surface area contributed by atoms with Gasteiger partial charge in [0.1, 0.15) is 6.54 Å². The number of hydrogen-bond donors (Lipinski definition) is 1. The van der Waals surface area contributed by atoms with Crippen LogP contribution in [0.3, 0.4) is 0 Å². The summed E-state index contributed by atoms with van der Waals surface area (Å²) in [5.41, 5.74) is 1.84. The van der Waals surface area contributed by atoms with Crippen LogP contribution in [0.2, 0.25) is 0 Å². The largest absolute Gasteiger partial charge is 0.480 e. The maximum absolute atomic E-state index is 12.2. The molecule has 5 heteroatoms. The zero-order valence-electron chi connectivity index (χ0n) is 10.9. The molecule has 2 aromatic rings. The van der Waals surface area contributed by atoms with Crippen LogP contribution in [0.5, 0.6) is 0 Å². The zero-order valence-corrected chi connectivity index (χ0v) is 11.7. The summed E-state index contributed by atoms with van der Waals surface area (Å²) in [5.74, 6) is -1.17. The van der Waals surface area contributed by atoms with E-state index < -0.39 is 5.97 Å². The number of hydrogen-bond acceptors (Lipinski definition) is 3. The van der Waals surface area contributed by atoms with Crippen molar-refractivity contribution >= 4 is 23.2 Å². The summed E-state index contributed by atoms with van der Waals surface area (Å²) < 4.78 is 0. The Kier molecular flexibility index (Phi) is 4.90. The van der Waals surface area contributed by atoms with Crippen LogP contribution in [-0.4, -0.2) is 28.4 Å². The highest BCUT2D eigenvalue weighted by Crippen LogP contribution is 2.11. The van der Waals surface area contributed by atoms with Crippen molar-refractivity contribution in [2.24, 2.45) is 0 Å². The number of thiophene rings is 1. The van der Waals surface area contributed by atoms with E-state index in [2.05, 4.69) is 0 Å². The van der Waals surface area contributed by atoms with Gasteiger partial charge in [-0.25, -0.2) is 0 Å². The number of amides is 1. The smallest absolute Gasteiger partial charge is 0.323 e. The Morgan fingerprint density at radius 1 is 1.10 bits per heavy atom. The van der Waals surface area contributed by atoms with Gasteiger partial charge in [-0.3, -0.25) is 9.59 Å². The molecule has 1 N–H and O–H groups in total. The average molecular weight is 289 g/mol. The molecule has 0 fully saturated rings. The molecule has 104 valence electrons. The number of rotatable bonds is 6. The summed E-state index contributed by atoms with van der Waals surface area (Å²) in [6.07, 6.45) is 0.240. The molecule has 2 rings (SSSR count). The predicted molar refractivity (Wildman–Crippen MR) is 77.5 cm³/mol. The van der Waals surface area contributed by atoms with Gasteiger partial charge in [0, 0.05) is 6.54 Å². The lowest BCUT2D eigenvalue weighted by Crippen LogP contribution is -2.36. The van der Waals surface area contributed by atoms with Gasteiger partial charge in [0.05, 0.1) is 6.42 Å². The molecule has 4 nitrogen and oxygen atoms in total. The highest BCUT2D eigenvalue weighted by atomic mass is 32.1. The quantitative estimate of drug-likeness (QED) is 0.888. The van der Waals surface area contributed by atoms with Crippen molar-refractivity contribution in [3.63, 3.8) is 0 Å². The molecule has 0 aliphatic carbocycles. The van der Waals surface area contributed by atoms with E-state index in [1.54, 1.807) is 0 Å². The molecule has 1 aromatic carbocycles. The van der Waals surface area contributed by atoms with Gasteiger partial charge in [0.2, 0.25) is 5.91 Å². The molecule has 0 radical (unpaired) electrons. The molecule has 0 atom stereocenters. The fourth-order valence-corrected chi connectivity index (χ4v) is 2.55. The maximum atomic E-state index is 12.2. The molecule has 20 heavy (non-hydrogen) atoms. The molecule has 1 amide bonds. The van der Waals surface area contributed by atoms with Crippen molar-refractivity contribution in [3.8, 4) is 0 Å². The molecular weight excluding hydrogens is 274 g/mol. The van der Waals surface area contributed by atoms with E-state index in [0.29, 0.717) is 6.54 Å². The fraction of sp³-hybridized carbons (Fsp3) is 0.200. The summed E-state index contributed by atoms with van der Waals surface area (Å²) in [7, 11) is 0. The van der Waals surface area contributed by atoms with Crippen LogP contribution in [0.4, 0.5) is 0 Å². The number of carboxylic acids is 1. The van der Waals surface area contributed by atoms with E-state index in [4.69, 9.17) is 5.11 Å². The average Bonchev–Trinajstić information content (AvgIpc) is 2.91. The Morgan fingerprint density at radius 2 is 1.85 bits per heavy atom. The van der Waals surface area contributed by atoms with Crippen molar-refractivity contribution < 1.29 is 14.7 Å². The van der Waals surface area contributed by atoms with E-state index >= 15 is 0 Å². The Bertz CT molecular complexity index is 566. The van der Waals surface area contributed by atoms with Gasteiger partial charge in [0.15, 0.2) is 0 Å². The number of carbonyl (C=O) groups is 2. The molecule has 0 aliphatic rings. The Morgan fingerprint density at radius 3 is 2.45 bits per heavy atom. The van der Waals surface area contributed by atoms with Crippen LogP contribution in [0.1, 0.15) is 11.1 Å². The molecule has 0 saturated carbocycles. The van der Waals surface area contributed by atoms with Gasteiger partial charge in [-0.05, 0) is 28.0 Å². The van der Waals surface area contributed by atoms with E-state index in [1.807, 2.05) is 47.2 Å². The molecule has 1 heterocycles. The lowest BCUT2D eigenvalue weighted by molar-refractivity contribution is -0.144. The zero-order chi connectivity index (χ0) is 14.4. The third-order valence-electron chi connectivity index (χ3n) is 2.83. The number of nitrogens with zero attached hydrogens (tertiary/aromatic N) is 1. The number of aliphatic carboxylic acids is 1. The number of benzene rings is 1. The monoisotopic (exact) mass is 289 g/mol. The fourth-order valence-electron chi connectivity index (χ4n) is 1.88. The van der Waals surface area contributed by atoms with Crippen LogP contribution in [0.15, 0.2) is 47.2 Å². The van der Waals surface area contributed by atoms with Gasteiger partial charge >= 0.3 is 5.97 Å². The molecule has 0 bridgehead atoms. The number of carboxylic acid groups (broad SMARTS) is 1. The highest BCUT2D eigenvalue weighted by Gasteiger charge is 2.17. The normalized spacial score (nSPS) is 10.2. The summed E-state index contributed by atoms with van der Waals surface area (Å²) >= 11 is 1.52. The summed E-state index contributed by atoms with van der Waals surface area (Å²) in [6.45, 7) is 0.0357. The standard InChI is InChI=1S/C15H15NO3S/c17-14(8-13-6-7-20-11-13)16(10-15(18)19)9-12-4-2-1-3-5-12/h1-7,11H,8-10H2,(H,18,19). The molecule has 0 unspecified atom stereocenters. The lowest BCUT2D eigenvalue weighted by atomic mass is 10.2. The van der Waals surface area contributed by atoms with Gasteiger partial charge in [0.25, 0.3) is 0 Å². The Balaban J connectivity index is 2.06. The third kappa shape index (κ3) is 4.20. The third-order valence-corrected chi connectivity index (χ3v) is 3.56. The van der Waals surface area contributed by atoms with Gasteiger partial charge in [-0.2, -0.15) is 11.3 Å². The van der Waals surface area contributed by atoms with Crippen LogP contribution < -0.4 is 0 Å². The van der Waals surface area contributed by atoms with E-state index in [-0.39, 0.29) is 18.9 Å². The van der Waals surface area contributed by atoms with Crippen LogP contribution in [0.25, 0.3) is 0 Å². The van der Waals surface area contributed by atoms with Gasteiger partial charge in [-0.15, -0.1) is 0 Å².